The van der Waals surface area contributed by atoms with Crippen molar-refractivity contribution in [2.24, 2.45) is 0 Å². The summed E-state index contributed by atoms with van der Waals surface area (Å²) in [7, 11) is -24.9. The van der Waals surface area contributed by atoms with Crippen LogP contribution in [0.2, 0.25) is 0 Å². The van der Waals surface area contributed by atoms with Gasteiger partial charge in [0.2, 0.25) is 0 Å². The van der Waals surface area contributed by atoms with Gasteiger partial charge in [-0.1, -0.05) is 0 Å². The fraction of sp³-hybridized carbons (Fsp3) is 0. The molecule has 140 valence electrons. The number of hydrogen-bond acceptors (Lipinski definition) is 13. The van der Waals surface area contributed by atoms with E-state index in [9.17, 15) is 47.6 Å². The largest absolute Gasteiger partial charge is 1.00 e. The molecule has 0 amide bonds. The zero-order valence-corrected chi connectivity index (χ0v) is 96.2. The van der Waals surface area contributed by atoms with E-state index in [4.69, 9.17) is 0 Å². The minimum Gasteiger partial charge on any atom is -1.00 e. The van der Waals surface area contributed by atoms with Crippen molar-refractivity contribution in [2.75, 3.05) is 0 Å². The average molecular weight is 1100 g/mol. The molecule has 0 saturated heterocycles. The van der Waals surface area contributed by atoms with E-state index in [0.717, 1.165) is 0 Å². The Morgan fingerprint density at radius 1 is 0.293 bits per heavy atom. The molecule has 0 rings (SSSR count). The number of phosphoric acid groups is 4. The molecule has 41 heavy (non-hydrogen) atoms. The van der Waals surface area contributed by atoms with Crippen LogP contribution in [0.3, 0.4) is 0 Å². The summed E-state index contributed by atoms with van der Waals surface area (Å²) in [5.41, 5.74) is 0. The van der Waals surface area contributed by atoms with E-state index in [0.29, 0.717) is 0 Å². The second kappa shape index (κ2) is 104. The zero-order chi connectivity index (χ0) is 14.1. The van der Waals surface area contributed by atoms with Gasteiger partial charge >= 0.3 is 971 Å². The molecule has 0 heterocycles. The summed E-state index contributed by atoms with van der Waals surface area (Å²) < 4.78 is 48.5. The van der Waals surface area contributed by atoms with Gasteiger partial charge in [0.05, 0.1) is 15.6 Å². The Bertz CT molecular complexity index is 519. The van der Waals surface area contributed by atoms with Crippen LogP contribution >= 0.6 is 31.3 Å². The monoisotopic (exact) mass is 1090 g/mol. The minimum absolute atomic E-state index is 0. The van der Waals surface area contributed by atoms with E-state index < -0.39 is 31.3 Å². The van der Waals surface area contributed by atoms with Crippen LogP contribution in [0.15, 0.2) is 0 Å². The van der Waals surface area contributed by atoms with Gasteiger partial charge in [-0.05, 0) is 0 Å². The van der Waals surface area contributed by atoms with E-state index in [1.807, 2.05) is 0 Å². The molecular weight excluding hydrogens is 1080 g/mol. The molecule has 0 aromatic rings. The second-order valence-corrected chi connectivity index (χ2v) is 7.57. The predicted octanol–water partition coefficient (Wildman–Crippen LogP) is -74.2. The molecule has 0 fully saturated rings. The van der Waals surface area contributed by atoms with E-state index in [2.05, 4.69) is 12.9 Å². The van der Waals surface area contributed by atoms with Crippen molar-refractivity contribution in [3.8, 4) is 0 Å². The van der Waals surface area contributed by atoms with E-state index in [-0.39, 0.29) is 997 Å². The Kier molecular flexibility index (Phi) is 418. The van der Waals surface area contributed by atoms with Crippen LogP contribution < -0.4 is 1000 Å². The van der Waals surface area contributed by atoms with E-state index in [1.165, 1.54) is 0 Å². The summed E-state index contributed by atoms with van der Waals surface area (Å²) >= 11 is 0. The fourth-order valence-electron chi connectivity index (χ4n) is 0.397. The first-order valence-corrected chi connectivity index (χ1v) is 8.76. The molecular formula is H18K12Na12O13P4. The van der Waals surface area contributed by atoms with Crippen LogP contribution in [0.4, 0.5) is 0 Å². The number of rotatable bonds is 6. The molecule has 0 N–H and O–H groups in total. The van der Waals surface area contributed by atoms with E-state index >= 15 is 0 Å². The number of hydrogen-bond donors (Lipinski definition) is 0. The standard InChI is InChI=1S/12K.12Na.H6O13P4.18H/c;;;;;;;;;;;;;;;;;;;;;;;;1-14(2,3)11-16(7,8)13-17(9,10)12-15(4,5)6;;;;;;;;;;;;;;;;;;/h;;;;;;;;;;;;;;;;;;;;;;;;(H,7,8)(H,9,10)(H2,1,2,3)(H2,4,5,6);;;;;;;;;;;;;;;;;;/q24*+1;;18*-1/p-6. The molecule has 13 nitrogen and oxygen atoms in total. The molecule has 0 bridgehead atoms. The van der Waals surface area contributed by atoms with Gasteiger partial charge in [-0.15, -0.1) is 0 Å². The molecule has 2 atom stereocenters. The Hall–Kier alpha value is 32.2. The van der Waals surface area contributed by atoms with Crippen LogP contribution in [-0.2, 0) is 31.2 Å². The summed E-state index contributed by atoms with van der Waals surface area (Å²) in [5, 5.41) is 0. The fourth-order valence-corrected chi connectivity index (χ4v) is 4.11. The SMILES string of the molecule is O=P([O-])([O-])OP(=O)([O-])OP(=O)([O-])OP(=O)([O-])[O-].[H-].[H-].[H-].[H-].[H-].[H-].[H-].[H-].[H-].[H-].[H-].[H-].[H-].[H-].[H-].[H-].[H-].[H-].[K+].[K+].[K+].[K+].[K+].[K+].[K+].[K+].[K+].[K+].[K+].[K+].[Na+].[Na+].[Na+].[Na+].[Na+].[Na+].[Na+].[Na+].[Na+].[Na+].[Na+].[Na+]. The van der Waals surface area contributed by atoms with Crippen molar-refractivity contribution in [3.63, 3.8) is 0 Å². The smallest absolute Gasteiger partial charge is 1.00 e. The topological polar surface area (TPSA) is 234 Å². The van der Waals surface area contributed by atoms with Crippen LogP contribution in [0.5, 0.6) is 0 Å². The Balaban J connectivity index is -0.00000000149. The van der Waals surface area contributed by atoms with E-state index in [1.54, 1.807) is 0 Å². The van der Waals surface area contributed by atoms with Gasteiger partial charge in [0.25, 0.3) is 15.6 Å². The first-order chi connectivity index (χ1) is 7.12. The van der Waals surface area contributed by atoms with Crippen LogP contribution in [0.1, 0.15) is 25.7 Å². The molecule has 0 aromatic heterocycles. The average Bonchev–Trinajstić information content (AvgIpc) is 1.65. The molecule has 0 aliphatic rings. The quantitative estimate of drug-likeness (QED) is 0.178. The van der Waals surface area contributed by atoms with Gasteiger partial charge in [0, 0.05) is 0 Å². The maximum absolute atomic E-state index is 10.4. The van der Waals surface area contributed by atoms with Crippen LogP contribution in [0.25, 0.3) is 0 Å². The zero-order valence-electron chi connectivity index (χ0n) is 49.1. The molecule has 0 aliphatic carbocycles. The maximum Gasteiger partial charge on any atom is 1.00 e. The molecule has 0 aromatic carbocycles. The van der Waals surface area contributed by atoms with Crippen molar-refractivity contribution < 1.29 is 1060 Å². The first kappa shape index (κ1) is 164. The summed E-state index contributed by atoms with van der Waals surface area (Å²) in [6, 6.07) is 0. The first-order valence-electron chi connectivity index (χ1n) is 2.92. The maximum atomic E-state index is 10.4. The molecule has 0 aliphatic heterocycles. The van der Waals surface area contributed by atoms with Crippen molar-refractivity contribution in [1.29, 1.82) is 0 Å². The summed E-state index contributed by atoms with van der Waals surface area (Å²) in [5.74, 6) is 0. The predicted molar refractivity (Wildman–Crippen MR) is 53.7 cm³/mol. The summed E-state index contributed by atoms with van der Waals surface area (Å²) in [6.45, 7) is 0. The van der Waals surface area contributed by atoms with Gasteiger partial charge in [-0.3, -0.25) is 17.8 Å². The van der Waals surface area contributed by atoms with Gasteiger partial charge in [-0.25, -0.2) is 4.31 Å². The third kappa shape index (κ3) is 141. The van der Waals surface area contributed by atoms with Crippen LogP contribution in [-0.4, -0.2) is 0 Å². The molecule has 0 spiro atoms. The summed E-state index contributed by atoms with van der Waals surface area (Å²) in [6.07, 6.45) is 0. The van der Waals surface area contributed by atoms with Gasteiger partial charge in [0.15, 0.2) is 0 Å². The van der Waals surface area contributed by atoms with Gasteiger partial charge < -0.3 is 64.2 Å². The molecule has 41 heteroatoms. The van der Waals surface area contributed by atoms with Crippen LogP contribution in [0, 0.1) is 0 Å². The van der Waals surface area contributed by atoms with Crippen molar-refractivity contribution >= 4 is 31.3 Å². The minimum atomic E-state index is -6.26. The third-order valence-electron chi connectivity index (χ3n) is 0.600. The van der Waals surface area contributed by atoms with Crippen molar-refractivity contribution in [1.82, 2.24) is 0 Å². The van der Waals surface area contributed by atoms with Crippen molar-refractivity contribution in [2.45, 2.75) is 0 Å². The summed E-state index contributed by atoms with van der Waals surface area (Å²) in [4.78, 5) is 60.0. The Morgan fingerprint density at radius 3 is 0.463 bits per heavy atom. The normalized spacial score (nSPS) is 8.54. The molecule has 0 saturated carbocycles. The molecule has 2 unspecified atom stereocenters. The Morgan fingerprint density at radius 2 is 0.390 bits per heavy atom. The third-order valence-corrected chi connectivity index (χ3v) is 5.40. The van der Waals surface area contributed by atoms with Gasteiger partial charge in [-0.2, -0.15) is 0 Å². The van der Waals surface area contributed by atoms with Crippen molar-refractivity contribution in [3.05, 3.63) is 0 Å². The molecule has 0 radical (unpaired) electrons. The second-order valence-electron chi connectivity index (χ2n) is 2.03. The Labute approximate surface area is 1050 Å². The van der Waals surface area contributed by atoms with Gasteiger partial charge in [0.1, 0.15) is 0 Å².